The van der Waals surface area contributed by atoms with E-state index in [1.165, 1.54) is 6.07 Å². The van der Waals surface area contributed by atoms with Crippen molar-refractivity contribution in [2.24, 2.45) is 5.14 Å². The number of anilines is 1. The molecule has 3 aromatic carbocycles. The van der Waals surface area contributed by atoms with E-state index in [9.17, 15) is 13.2 Å². The zero-order valence-corrected chi connectivity index (χ0v) is 20.3. The summed E-state index contributed by atoms with van der Waals surface area (Å²) >= 11 is 6.23. The number of primary sulfonamides is 1. The first kappa shape index (κ1) is 23.7. The van der Waals surface area contributed by atoms with E-state index in [2.05, 4.69) is 42.5 Å². The van der Waals surface area contributed by atoms with Crippen LogP contribution in [-0.2, 0) is 14.8 Å². The maximum atomic E-state index is 11.7. The van der Waals surface area contributed by atoms with E-state index in [-0.39, 0.29) is 11.1 Å². The number of carbonyl (C=O) groups excluding carboxylic acids is 1. The molecule has 0 spiro atoms. The fourth-order valence-corrected chi connectivity index (χ4v) is 5.06. The van der Waals surface area contributed by atoms with Gasteiger partial charge in [0.05, 0.1) is 4.90 Å². The minimum atomic E-state index is -3.63. The highest BCUT2D eigenvalue weighted by Crippen LogP contribution is 2.24. The maximum Gasteiger partial charge on any atom is 0.413 e. The van der Waals surface area contributed by atoms with Gasteiger partial charge in [0.25, 0.3) is 0 Å². The van der Waals surface area contributed by atoms with Gasteiger partial charge in [0.2, 0.25) is 10.0 Å². The number of sulfonamides is 1. The molecule has 0 aromatic heterocycles. The number of hydrogen-bond acceptors (Lipinski definition) is 5. The summed E-state index contributed by atoms with van der Waals surface area (Å²) in [5, 5.41) is 13.1. The fourth-order valence-electron chi connectivity index (χ4n) is 2.99. The largest absolute Gasteiger partial charge is 0.430 e. The van der Waals surface area contributed by atoms with Crippen LogP contribution in [0.5, 0.6) is 0 Å². The predicted molar refractivity (Wildman–Crippen MR) is 128 cm³/mol. The Morgan fingerprint density at radius 2 is 1.81 bits per heavy atom. The second-order valence-corrected chi connectivity index (χ2v) is 10.1. The average molecular weight is 571 g/mol. The Balaban J connectivity index is 0.000000196. The molecule has 31 heavy (non-hydrogen) atoms. The minimum absolute atomic E-state index is 0.0804. The first-order chi connectivity index (χ1) is 14.7. The SMILES string of the molecule is NS(=O)(=O)c1cc(Br)ccc1Br.O=C(Nc1ccc2ccccc2c1)OC1CCCN1. The van der Waals surface area contributed by atoms with Crippen LogP contribution in [0, 0.1) is 0 Å². The van der Waals surface area contributed by atoms with E-state index >= 15 is 0 Å². The van der Waals surface area contributed by atoms with Crippen molar-refractivity contribution in [3.8, 4) is 0 Å². The molecule has 1 atom stereocenters. The number of amides is 1. The summed E-state index contributed by atoms with van der Waals surface area (Å²) in [5.74, 6) is 0. The van der Waals surface area contributed by atoms with Gasteiger partial charge in [-0.1, -0.05) is 46.3 Å². The van der Waals surface area contributed by atoms with Gasteiger partial charge in [0, 0.05) is 14.6 Å². The minimum Gasteiger partial charge on any atom is -0.430 e. The molecule has 0 saturated carbocycles. The summed E-state index contributed by atoms with van der Waals surface area (Å²) in [6.45, 7) is 0.911. The van der Waals surface area contributed by atoms with Crippen LogP contribution < -0.4 is 15.8 Å². The number of ether oxygens (including phenoxy) is 1. The molecule has 164 valence electrons. The van der Waals surface area contributed by atoms with Gasteiger partial charge in [-0.15, -0.1) is 0 Å². The lowest BCUT2D eigenvalue weighted by molar-refractivity contribution is 0.102. The molecular weight excluding hydrogens is 550 g/mol. The average Bonchev–Trinajstić information content (AvgIpc) is 3.22. The third-order valence-electron chi connectivity index (χ3n) is 4.46. The number of hydrogen-bond donors (Lipinski definition) is 3. The van der Waals surface area contributed by atoms with Crippen molar-refractivity contribution in [2.45, 2.75) is 24.0 Å². The number of nitrogens with two attached hydrogens (primary N) is 1. The highest BCUT2D eigenvalue weighted by atomic mass is 79.9. The van der Waals surface area contributed by atoms with Crippen LogP contribution in [0.4, 0.5) is 10.5 Å². The van der Waals surface area contributed by atoms with Crippen molar-refractivity contribution in [3.63, 3.8) is 0 Å². The Morgan fingerprint density at radius 3 is 2.45 bits per heavy atom. The fraction of sp³-hybridized carbons (Fsp3) is 0.190. The topological polar surface area (TPSA) is 111 Å². The quantitative estimate of drug-likeness (QED) is 0.412. The lowest BCUT2D eigenvalue weighted by atomic mass is 10.1. The molecule has 1 heterocycles. The van der Waals surface area contributed by atoms with Gasteiger partial charge in [-0.3, -0.25) is 10.6 Å². The summed E-state index contributed by atoms with van der Waals surface area (Å²) in [7, 11) is -3.63. The van der Waals surface area contributed by atoms with Crippen LogP contribution in [-0.4, -0.2) is 27.3 Å². The van der Waals surface area contributed by atoms with Crippen LogP contribution in [0.2, 0.25) is 0 Å². The highest BCUT2D eigenvalue weighted by molar-refractivity contribution is 9.11. The van der Waals surface area contributed by atoms with E-state index in [4.69, 9.17) is 9.88 Å². The van der Waals surface area contributed by atoms with Crippen molar-refractivity contribution in [1.29, 1.82) is 0 Å². The molecule has 0 aliphatic carbocycles. The summed E-state index contributed by atoms with van der Waals surface area (Å²) in [6.07, 6.45) is 1.37. The lowest BCUT2D eigenvalue weighted by Gasteiger charge is -2.13. The van der Waals surface area contributed by atoms with Crippen LogP contribution >= 0.6 is 31.9 Å². The Hall–Kier alpha value is -1.98. The molecule has 1 aliphatic heterocycles. The van der Waals surface area contributed by atoms with Crippen molar-refractivity contribution < 1.29 is 17.9 Å². The number of nitrogens with one attached hydrogen (secondary N) is 2. The molecule has 3 aromatic rings. The predicted octanol–water partition coefficient (Wildman–Crippen LogP) is 4.96. The van der Waals surface area contributed by atoms with Crippen molar-refractivity contribution in [3.05, 3.63) is 69.6 Å². The summed E-state index contributed by atoms with van der Waals surface area (Å²) in [6, 6.07) is 18.6. The van der Waals surface area contributed by atoms with E-state index in [0.29, 0.717) is 8.95 Å². The third-order valence-corrected chi connectivity index (χ3v) is 6.86. The van der Waals surface area contributed by atoms with Crippen LogP contribution in [0.1, 0.15) is 12.8 Å². The Kier molecular flexibility index (Phi) is 8.06. The molecule has 1 unspecified atom stereocenters. The molecule has 4 rings (SSSR count). The molecule has 1 amide bonds. The van der Waals surface area contributed by atoms with Crippen LogP contribution in [0.15, 0.2) is 74.5 Å². The van der Waals surface area contributed by atoms with Gasteiger partial charge in [-0.2, -0.15) is 0 Å². The number of fused-ring (bicyclic) bond motifs is 1. The first-order valence-corrected chi connectivity index (χ1v) is 12.5. The van der Waals surface area contributed by atoms with E-state index in [1.807, 2.05) is 42.5 Å². The van der Waals surface area contributed by atoms with Crippen molar-refractivity contribution in [2.75, 3.05) is 11.9 Å². The zero-order valence-electron chi connectivity index (χ0n) is 16.3. The first-order valence-electron chi connectivity index (χ1n) is 9.40. The Morgan fingerprint density at radius 1 is 1.06 bits per heavy atom. The lowest BCUT2D eigenvalue weighted by Crippen LogP contribution is -2.29. The van der Waals surface area contributed by atoms with Crippen molar-refractivity contribution in [1.82, 2.24) is 5.32 Å². The second-order valence-electron chi connectivity index (χ2n) is 6.80. The van der Waals surface area contributed by atoms with Crippen LogP contribution in [0.25, 0.3) is 10.8 Å². The van der Waals surface area contributed by atoms with E-state index in [1.54, 1.807) is 12.1 Å². The number of rotatable bonds is 3. The molecule has 1 saturated heterocycles. The van der Waals surface area contributed by atoms with Gasteiger partial charge in [-0.25, -0.2) is 18.4 Å². The van der Waals surface area contributed by atoms with Crippen LogP contribution in [0.3, 0.4) is 0 Å². The maximum absolute atomic E-state index is 11.7. The number of halogens is 2. The highest BCUT2D eigenvalue weighted by Gasteiger charge is 2.18. The molecule has 4 N–H and O–H groups in total. The Bertz CT molecular complexity index is 1180. The van der Waals surface area contributed by atoms with Gasteiger partial charge < -0.3 is 4.74 Å². The zero-order chi connectivity index (χ0) is 22.4. The Labute approximate surface area is 197 Å². The van der Waals surface area contributed by atoms with Gasteiger partial charge in [-0.05, 0) is 76.4 Å². The number of benzene rings is 3. The van der Waals surface area contributed by atoms with E-state index < -0.39 is 16.1 Å². The molecule has 1 fully saturated rings. The molecule has 0 bridgehead atoms. The second kappa shape index (κ2) is 10.6. The number of carbonyl (C=O) groups is 1. The smallest absolute Gasteiger partial charge is 0.413 e. The van der Waals surface area contributed by atoms with Gasteiger partial charge in [0.1, 0.15) is 0 Å². The molecule has 7 nitrogen and oxygen atoms in total. The summed E-state index contributed by atoms with van der Waals surface area (Å²) < 4.78 is 28.3. The third kappa shape index (κ3) is 7.01. The molecule has 1 aliphatic rings. The monoisotopic (exact) mass is 569 g/mol. The van der Waals surface area contributed by atoms with E-state index in [0.717, 1.165) is 35.8 Å². The molecule has 10 heteroatoms. The van der Waals surface area contributed by atoms with Gasteiger partial charge in [0.15, 0.2) is 6.23 Å². The summed E-state index contributed by atoms with van der Waals surface area (Å²) in [5.41, 5.74) is 0.752. The molecular formula is C21H21Br2N3O4S. The van der Waals surface area contributed by atoms with Gasteiger partial charge >= 0.3 is 6.09 Å². The molecule has 0 radical (unpaired) electrons. The standard InChI is InChI=1S/C15H16N2O2.C6H5Br2NO2S/c18-15(19-14-6-3-9-16-14)17-13-8-7-11-4-1-2-5-12(11)10-13;7-4-1-2-5(8)6(3-4)12(9,10)11/h1-2,4-5,7-8,10,14,16H,3,6,9H2,(H,17,18);1-3H,(H2,9,10,11). The van der Waals surface area contributed by atoms with Crippen molar-refractivity contribution >= 4 is 64.4 Å². The summed E-state index contributed by atoms with van der Waals surface area (Å²) in [4.78, 5) is 11.8. The normalized spacial score (nSPS) is 15.8.